The van der Waals surface area contributed by atoms with E-state index in [2.05, 4.69) is 33.9 Å². The van der Waals surface area contributed by atoms with Crippen molar-refractivity contribution in [3.63, 3.8) is 0 Å². The Bertz CT molecular complexity index is 805. The van der Waals surface area contributed by atoms with Crippen LogP contribution in [0.4, 0.5) is 5.69 Å². The molecule has 1 saturated carbocycles. The summed E-state index contributed by atoms with van der Waals surface area (Å²) in [6.07, 6.45) is 2.32. The van der Waals surface area contributed by atoms with Gasteiger partial charge >= 0.3 is 0 Å². The fraction of sp³-hybridized carbons (Fsp3) is 0.438. The Labute approximate surface area is 165 Å². The average Bonchev–Trinajstić information content (AvgIpc) is 3.30. The van der Waals surface area contributed by atoms with Gasteiger partial charge in [-0.15, -0.1) is 10.2 Å². The van der Waals surface area contributed by atoms with Crippen LogP contribution in [-0.4, -0.2) is 26.4 Å². The molecule has 0 aliphatic heterocycles. The Hall–Kier alpha value is -0.950. The third-order valence-corrected chi connectivity index (χ3v) is 5.74. The third-order valence-electron chi connectivity index (χ3n) is 3.77. The van der Waals surface area contributed by atoms with Crippen molar-refractivity contribution in [1.82, 2.24) is 14.8 Å². The molecule has 2 aromatic rings. The molecule has 0 bridgehead atoms. The van der Waals surface area contributed by atoms with Gasteiger partial charge in [0.2, 0.25) is 5.91 Å². The lowest BCUT2D eigenvalue weighted by molar-refractivity contribution is -0.113. The van der Waals surface area contributed by atoms with E-state index in [9.17, 15) is 4.79 Å². The first-order chi connectivity index (χ1) is 11.9. The molecule has 1 aliphatic carbocycles. The summed E-state index contributed by atoms with van der Waals surface area (Å²) in [6.45, 7) is 4.18. The van der Waals surface area contributed by atoms with Gasteiger partial charge in [0.15, 0.2) is 5.16 Å². The number of hydrogen-bond acceptors (Lipinski definition) is 4. The smallest absolute Gasteiger partial charge is 0.234 e. The molecule has 1 fully saturated rings. The van der Waals surface area contributed by atoms with Crippen LogP contribution in [0.5, 0.6) is 0 Å². The van der Waals surface area contributed by atoms with Gasteiger partial charge in [0.1, 0.15) is 5.82 Å². The fourth-order valence-corrected chi connectivity index (χ4v) is 3.90. The standard InChI is InChI=1S/C16H17Cl3N4OS/c1-8(2)23-15(9-3-4-9)21-22-16(23)25-7-14(24)20-13-6-11(18)10(17)5-12(13)19/h5-6,8-9H,3-4,7H2,1-2H3,(H,20,24). The quantitative estimate of drug-likeness (QED) is 0.501. The molecule has 0 atom stereocenters. The van der Waals surface area contributed by atoms with Crippen molar-refractivity contribution in [2.24, 2.45) is 0 Å². The number of halogens is 3. The summed E-state index contributed by atoms with van der Waals surface area (Å²) in [5.74, 6) is 1.53. The number of amides is 1. The Morgan fingerprint density at radius 1 is 1.24 bits per heavy atom. The predicted molar refractivity (Wildman–Crippen MR) is 103 cm³/mol. The first-order valence-electron chi connectivity index (χ1n) is 7.88. The molecule has 1 amide bonds. The summed E-state index contributed by atoms with van der Waals surface area (Å²) in [5.41, 5.74) is 0.436. The number of thioether (sulfide) groups is 1. The number of nitrogens with one attached hydrogen (secondary N) is 1. The summed E-state index contributed by atoms with van der Waals surface area (Å²) >= 11 is 19.3. The molecular weight excluding hydrogens is 403 g/mol. The molecule has 1 aliphatic rings. The summed E-state index contributed by atoms with van der Waals surface area (Å²) in [4.78, 5) is 12.2. The second-order valence-electron chi connectivity index (χ2n) is 6.16. The Morgan fingerprint density at radius 3 is 2.56 bits per heavy atom. The van der Waals surface area contributed by atoms with E-state index in [1.807, 2.05) is 0 Å². The summed E-state index contributed by atoms with van der Waals surface area (Å²) < 4.78 is 2.11. The molecule has 134 valence electrons. The van der Waals surface area contributed by atoms with Crippen molar-refractivity contribution in [2.45, 2.75) is 43.8 Å². The van der Waals surface area contributed by atoms with Crippen molar-refractivity contribution in [2.75, 3.05) is 11.1 Å². The SMILES string of the molecule is CC(C)n1c(SCC(=O)Nc2cc(Cl)c(Cl)cc2Cl)nnc1C1CC1. The zero-order valence-corrected chi connectivity index (χ0v) is 16.8. The summed E-state index contributed by atoms with van der Waals surface area (Å²) in [7, 11) is 0. The van der Waals surface area contributed by atoms with Gasteiger partial charge in [-0.05, 0) is 38.8 Å². The van der Waals surface area contributed by atoms with Crippen LogP contribution in [0.1, 0.15) is 44.5 Å². The molecule has 1 aromatic carbocycles. The summed E-state index contributed by atoms with van der Waals surface area (Å²) in [6, 6.07) is 3.29. The molecule has 25 heavy (non-hydrogen) atoms. The van der Waals surface area contributed by atoms with Gasteiger partial charge in [0.05, 0.1) is 26.5 Å². The highest BCUT2D eigenvalue weighted by Gasteiger charge is 2.31. The highest BCUT2D eigenvalue weighted by molar-refractivity contribution is 7.99. The van der Waals surface area contributed by atoms with E-state index in [-0.39, 0.29) is 17.7 Å². The van der Waals surface area contributed by atoms with E-state index in [1.165, 1.54) is 23.9 Å². The van der Waals surface area contributed by atoms with Crippen molar-refractivity contribution in [3.05, 3.63) is 33.0 Å². The zero-order chi connectivity index (χ0) is 18.1. The number of aromatic nitrogens is 3. The minimum atomic E-state index is -0.198. The van der Waals surface area contributed by atoms with Crippen LogP contribution in [0.3, 0.4) is 0 Å². The molecule has 1 heterocycles. The van der Waals surface area contributed by atoms with Gasteiger partial charge < -0.3 is 9.88 Å². The third kappa shape index (κ3) is 4.42. The summed E-state index contributed by atoms with van der Waals surface area (Å²) in [5, 5.41) is 13.1. The van der Waals surface area contributed by atoms with Gasteiger partial charge in [-0.25, -0.2) is 0 Å². The molecule has 1 aromatic heterocycles. The molecule has 0 spiro atoms. The molecular formula is C16H17Cl3N4OS. The van der Waals surface area contributed by atoms with E-state index in [0.717, 1.165) is 23.8 Å². The first-order valence-corrected chi connectivity index (χ1v) is 10.0. The Balaban J connectivity index is 1.66. The van der Waals surface area contributed by atoms with Crippen molar-refractivity contribution in [3.8, 4) is 0 Å². The van der Waals surface area contributed by atoms with E-state index in [0.29, 0.717) is 26.7 Å². The van der Waals surface area contributed by atoms with Gasteiger partial charge in [0.25, 0.3) is 0 Å². The number of benzene rings is 1. The molecule has 0 saturated heterocycles. The van der Waals surface area contributed by atoms with E-state index >= 15 is 0 Å². The van der Waals surface area contributed by atoms with Crippen LogP contribution >= 0.6 is 46.6 Å². The normalized spacial score (nSPS) is 14.2. The second-order valence-corrected chi connectivity index (χ2v) is 8.33. The number of hydrogen-bond donors (Lipinski definition) is 1. The first kappa shape index (κ1) is 18.8. The van der Waals surface area contributed by atoms with Crippen LogP contribution in [0.15, 0.2) is 17.3 Å². The minimum absolute atomic E-state index is 0.198. The van der Waals surface area contributed by atoms with Crippen LogP contribution in [0.25, 0.3) is 0 Å². The largest absolute Gasteiger partial charge is 0.324 e. The fourth-order valence-electron chi connectivity index (χ4n) is 2.43. The molecule has 5 nitrogen and oxygen atoms in total. The lowest BCUT2D eigenvalue weighted by Gasteiger charge is -2.13. The van der Waals surface area contributed by atoms with Gasteiger partial charge in [-0.1, -0.05) is 46.6 Å². The molecule has 0 unspecified atom stereocenters. The van der Waals surface area contributed by atoms with Crippen molar-refractivity contribution < 1.29 is 4.79 Å². The average molecular weight is 420 g/mol. The predicted octanol–water partition coefficient (Wildman–Crippen LogP) is 5.43. The number of carbonyl (C=O) groups is 1. The van der Waals surface area contributed by atoms with Gasteiger partial charge in [-0.2, -0.15) is 0 Å². The number of anilines is 1. The van der Waals surface area contributed by atoms with Gasteiger partial charge in [0, 0.05) is 12.0 Å². The Kier molecular flexibility index (Phi) is 5.83. The maximum Gasteiger partial charge on any atom is 0.234 e. The van der Waals surface area contributed by atoms with Crippen LogP contribution < -0.4 is 5.32 Å². The topological polar surface area (TPSA) is 59.8 Å². The lowest BCUT2D eigenvalue weighted by atomic mass is 10.3. The number of nitrogens with zero attached hydrogens (tertiary/aromatic N) is 3. The van der Waals surface area contributed by atoms with Crippen molar-refractivity contribution in [1.29, 1.82) is 0 Å². The van der Waals surface area contributed by atoms with Crippen LogP contribution in [0, 0.1) is 0 Å². The van der Waals surface area contributed by atoms with Crippen LogP contribution in [0.2, 0.25) is 15.1 Å². The highest BCUT2D eigenvalue weighted by atomic mass is 35.5. The lowest BCUT2D eigenvalue weighted by Crippen LogP contribution is -2.15. The second kappa shape index (κ2) is 7.74. The van der Waals surface area contributed by atoms with E-state index in [4.69, 9.17) is 34.8 Å². The van der Waals surface area contributed by atoms with Crippen molar-refractivity contribution >= 4 is 58.2 Å². The molecule has 0 radical (unpaired) electrons. The zero-order valence-electron chi connectivity index (χ0n) is 13.7. The molecule has 9 heteroatoms. The highest BCUT2D eigenvalue weighted by Crippen LogP contribution is 2.41. The molecule has 3 rings (SSSR count). The van der Waals surface area contributed by atoms with Gasteiger partial charge in [-0.3, -0.25) is 4.79 Å². The molecule has 1 N–H and O–H groups in total. The van der Waals surface area contributed by atoms with E-state index < -0.39 is 0 Å². The maximum absolute atomic E-state index is 12.2. The number of rotatable bonds is 6. The number of carbonyl (C=O) groups excluding carboxylic acids is 1. The van der Waals surface area contributed by atoms with Crippen LogP contribution in [-0.2, 0) is 4.79 Å². The minimum Gasteiger partial charge on any atom is -0.324 e. The monoisotopic (exact) mass is 418 g/mol. The van der Waals surface area contributed by atoms with E-state index in [1.54, 1.807) is 0 Å². The Morgan fingerprint density at radius 2 is 1.92 bits per heavy atom. The maximum atomic E-state index is 12.2.